The monoisotopic (exact) mass is 280 g/mol. The van der Waals surface area contributed by atoms with Crippen LogP contribution < -0.4 is 11.1 Å². The second-order valence-electron chi connectivity index (χ2n) is 4.94. The summed E-state index contributed by atoms with van der Waals surface area (Å²) in [5, 5.41) is 3.97. The second kappa shape index (κ2) is 5.28. The summed E-state index contributed by atoms with van der Waals surface area (Å²) in [7, 11) is 1.80. The van der Waals surface area contributed by atoms with Crippen molar-refractivity contribution in [3.8, 4) is 0 Å². The Bertz CT molecular complexity index is 802. The fraction of sp³-hybridized carbons (Fsp3) is 0.125. The molecule has 3 rings (SSSR count). The Kier molecular flexibility index (Phi) is 3.31. The number of aryl methyl sites for hydroxylation is 1. The Hall–Kier alpha value is -2.82. The van der Waals surface area contributed by atoms with Gasteiger partial charge in [0.2, 0.25) is 0 Å². The number of carbonyl (C=O) groups excluding carboxylic acids is 1. The summed E-state index contributed by atoms with van der Waals surface area (Å²) < 4.78 is 1.71. The van der Waals surface area contributed by atoms with Gasteiger partial charge in [-0.15, -0.1) is 0 Å². The third-order valence-electron chi connectivity index (χ3n) is 3.41. The van der Waals surface area contributed by atoms with Crippen molar-refractivity contribution in [2.24, 2.45) is 7.05 Å². The summed E-state index contributed by atoms with van der Waals surface area (Å²) in [6, 6.07) is 11.5. The predicted molar refractivity (Wildman–Crippen MR) is 82.7 cm³/mol. The summed E-state index contributed by atoms with van der Waals surface area (Å²) in [6.45, 7) is 0.429. The molecule has 3 N–H and O–H groups in total. The molecule has 3 aromatic rings. The van der Waals surface area contributed by atoms with Gasteiger partial charge in [-0.25, -0.2) is 0 Å². The van der Waals surface area contributed by atoms with Crippen LogP contribution in [0.2, 0.25) is 0 Å². The van der Waals surface area contributed by atoms with Crippen molar-refractivity contribution >= 4 is 22.5 Å². The molecule has 0 saturated heterocycles. The van der Waals surface area contributed by atoms with E-state index in [1.165, 1.54) is 0 Å². The van der Waals surface area contributed by atoms with Gasteiger partial charge in [-0.1, -0.05) is 24.3 Å². The van der Waals surface area contributed by atoms with E-state index in [0.717, 1.165) is 16.5 Å². The molecule has 1 aromatic carbocycles. The van der Waals surface area contributed by atoms with Crippen LogP contribution >= 0.6 is 0 Å². The first kappa shape index (κ1) is 13.2. The number of nitrogen functional groups attached to an aromatic ring is 1. The van der Waals surface area contributed by atoms with E-state index in [1.807, 2.05) is 30.3 Å². The minimum atomic E-state index is -0.151. The molecule has 0 spiro atoms. The van der Waals surface area contributed by atoms with Gasteiger partial charge in [0.1, 0.15) is 5.69 Å². The van der Waals surface area contributed by atoms with Crippen LogP contribution in [0.4, 0.5) is 5.69 Å². The summed E-state index contributed by atoms with van der Waals surface area (Å²) >= 11 is 0. The first-order valence-electron chi connectivity index (χ1n) is 6.68. The number of nitrogens with two attached hydrogens (primary N) is 1. The molecular weight excluding hydrogens is 264 g/mol. The first-order valence-corrected chi connectivity index (χ1v) is 6.68. The Morgan fingerprint density at radius 3 is 2.90 bits per heavy atom. The number of amides is 1. The number of pyridine rings is 1. The number of anilines is 1. The van der Waals surface area contributed by atoms with E-state index in [-0.39, 0.29) is 5.91 Å². The molecule has 0 atom stereocenters. The van der Waals surface area contributed by atoms with E-state index in [4.69, 9.17) is 5.73 Å². The van der Waals surface area contributed by atoms with Gasteiger partial charge in [0.25, 0.3) is 5.91 Å². The van der Waals surface area contributed by atoms with Gasteiger partial charge >= 0.3 is 0 Å². The Morgan fingerprint density at radius 2 is 2.14 bits per heavy atom. The number of nitrogens with zero attached hydrogens (tertiary/aromatic N) is 2. The highest BCUT2D eigenvalue weighted by Crippen LogP contribution is 2.16. The van der Waals surface area contributed by atoms with E-state index >= 15 is 0 Å². The fourth-order valence-corrected chi connectivity index (χ4v) is 2.39. The Labute approximate surface area is 122 Å². The summed E-state index contributed by atoms with van der Waals surface area (Å²) in [4.78, 5) is 16.6. The predicted octanol–water partition coefficient (Wildman–Crippen LogP) is 2.09. The molecule has 0 aliphatic carbocycles. The number of nitrogens with one attached hydrogen (secondary N) is 1. The molecule has 0 unspecified atom stereocenters. The normalized spacial score (nSPS) is 10.7. The molecule has 0 bridgehead atoms. The maximum Gasteiger partial charge on any atom is 0.268 e. The largest absolute Gasteiger partial charge is 0.397 e. The number of para-hydroxylation sites is 1. The highest BCUT2D eigenvalue weighted by atomic mass is 16.1. The SMILES string of the molecule is Cn1cc(N)cc1C(=O)NCc1cccc2cccnc12. The van der Waals surface area contributed by atoms with Crippen LogP contribution in [0.3, 0.4) is 0 Å². The average molecular weight is 280 g/mol. The van der Waals surface area contributed by atoms with Gasteiger partial charge in [-0.3, -0.25) is 9.78 Å². The number of carbonyl (C=O) groups is 1. The van der Waals surface area contributed by atoms with Gasteiger partial charge in [-0.2, -0.15) is 0 Å². The molecule has 0 aliphatic rings. The van der Waals surface area contributed by atoms with E-state index in [1.54, 1.807) is 30.1 Å². The molecular formula is C16H16N4O. The summed E-state index contributed by atoms with van der Waals surface area (Å²) in [5.41, 5.74) is 8.71. The zero-order valence-electron chi connectivity index (χ0n) is 11.7. The topological polar surface area (TPSA) is 72.9 Å². The van der Waals surface area contributed by atoms with Gasteiger partial charge in [0, 0.05) is 31.4 Å². The van der Waals surface area contributed by atoms with Crippen LogP contribution in [-0.4, -0.2) is 15.5 Å². The zero-order chi connectivity index (χ0) is 14.8. The lowest BCUT2D eigenvalue weighted by atomic mass is 10.1. The lowest BCUT2D eigenvalue weighted by Crippen LogP contribution is -2.24. The van der Waals surface area contributed by atoms with E-state index < -0.39 is 0 Å². The average Bonchev–Trinajstić information content (AvgIpc) is 2.83. The number of hydrogen-bond acceptors (Lipinski definition) is 3. The van der Waals surface area contributed by atoms with E-state index in [2.05, 4.69) is 10.3 Å². The molecule has 5 heteroatoms. The third-order valence-corrected chi connectivity index (χ3v) is 3.41. The molecule has 0 aliphatic heterocycles. The number of aromatic nitrogens is 2. The van der Waals surface area contributed by atoms with Crippen LogP contribution in [0.1, 0.15) is 16.1 Å². The van der Waals surface area contributed by atoms with Crippen molar-refractivity contribution in [1.82, 2.24) is 14.9 Å². The van der Waals surface area contributed by atoms with Gasteiger partial charge in [-0.05, 0) is 17.7 Å². The molecule has 1 amide bonds. The standard InChI is InChI=1S/C16H16N4O/c1-20-10-13(17)8-14(20)16(21)19-9-12-5-2-4-11-6-3-7-18-15(11)12/h2-8,10H,9,17H2,1H3,(H,19,21). The van der Waals surface area contributed by atoms with Crippen LogP contribution in [0, 0.1) is 0 Å². The summed E-state index contributed by atoms with van der Waals surface area (Å²) in [6.07, 6.45) is 3.47. The van der Waals surface area contributed by atoms with Crippen LogP contribution in [0.15, 0.2) is 48.8 Å². The lowest BCUT2D eigenvalue weighted by Gasteiger charge is -2.08. The highest BCUT2D eigenvalue weighted by molar-refractivity contribution is 5.94. The van der Waals surface area contributed by atoms with Crippen LogP contribution in [0.25, 0.3) is 10.9 Å². The quantitative estimate of drug-likeness (QED) is 0.771. The van der Waals surface area contributed by atoms with E-state index in [9.17, 15) is 4.79 Å². The molecule has 2 heterocycles. The van der Waals surface area contributed by atoms with Gasteiger partial charge < -0.3 is 15.6 Å². The molecule has 106 valence electrons. The van der Waals surface area contributed by atoms with Crippen LogP contribution in [0.5, 0.6) is 0 Å². The molecule has 5 nitrogen and oxygen atoms in total. The second-order valence-corrected chi connectivity index (χ2v) is 4.94. The van der Waals surface area contributed by atoms with Crippen molar-refractivity contribution in [1.29, 1.82) is 0 Å². The van der Waals surface area contributed by atoms with Gasteiger partial charge in [0.15, 0.2) is 0 Å². The Balaban J connectivity index is 1.81. The number of hydrogen-bond donors (Lipinski definition) is 2. The zero-order valence-corrected chi connectivity index (χ0v) is 11.7. The summed E-state index contributed by atoms with van der Waals surface area (Å²) in [5.74, 6) is -0.151. The maximum absolute atomic E-state index is 12.2. The van der Waals surface area contributed by atoms with Crippen molar-refractivity contribution in [2.45, 2.75) is 6.54 Å². The number of rotatable bonds is 3. The molecule has 0 radical (unpaired) electrons. The fourth-order valence-electron chi connectivity index (χ4n) is 2.39. The molecule has 0 fully saturated rings. The lowest BCUT2D eigenvalue weighted by molar-refractivity contribution is 0.0943. The van der Waals surface area contributed by atoms with Gasteiger partial charge in [0.05, 0.1) is 11.2 Å². The number of fused-ring (bicyclic) bond motifs is 1. The smallest absolute Gasteiger partial charge is 0.268 e. The first-order chi connectivity index (χ1) is 10.1. The maximum atomic E-state index is 12.2. The minimum Gasteiger partial charge on any atom is -0.397 e. The van der Waals surface area contributed by atoms with E-state index in [0.29, 0.717) is 17.9 Å². The highest BCUT2D eigenvalue weighted by Gasteiger charge is 2.11. The number of benzene rings is 1. The minimum absolute atomic E-state index is 0.151. The van der Waals surface area contributed by atoms with Crippen molar-refractivity contribution in [2.75, 3.05) is 5.73 Å². The molecule has 0 saturated carbocycles. The third kappa shape index (κ3) is 2.58. The molecule has 2 aromatic heterocycles. The van der Waals surface area contributed by atoms with Crippen molar-refractivity contribution in [3.63, 3.8) is 0 Å². The van der Waals surface area contributed by atoms with Crippen molar-refractivity contribution < 1.29 is 4.79 Å². The van der Waals surface area contributed by atoms with Crippen molar-refractivity contribution in [3.05, 3.63) is 60.0 Å². The Morgan fingerprint density at radius 1 is 1.33 bits per heavy atom. The molecule has 21 heavy (non-hydrogen) atoms. The van der Waals surface area contributed by atoms with Crippen LogP contribution in [-0.2, 0) is 13.6 Å².